The van der Waals surface area contributed by atoms with Crippen molar-refractivity contribution in [3.05, 3.63) is 29.3 Å². The maximum atomic E-state index is 9.31. The lowest BCUT2D eigenvalue weighted by molar-refractivity contribution is 0.224. The summed E-state index contributed by atoms with van der Waals surface area (Å²) >= 11 is 8.25. The average Bonchev–Trinajstić information content (AvgIpc) is 2.72. The van der Waals surface area contributed by atoms with Gasteiger partial charge in [-0.25, -0.2) is 4.98 Å². The number of nitrogens with zero attached hydrogens (tertiary/aromatic N) is 2. The molecule has 0 radical (unpaired) electrons. The minimum atomic E-state index is -0.691. The Kier molecular flexibility index (Phi) is 4.66. The summed E-state index contributed by atoms with van der Waals surface area (Å²) in [6.07, 6.45) is -0.691. The first-order valence-corrected chi connectivity index (χ1v) is 7.38. The van der Waals surface area contributed by atoms with Crippen LogP contribution in [-0.4, -0.2) is 16.3 Å². The van der Waals surface area contributed by atoms with Gasteiger partial charge in [0.25, 0.3) is 0 Å². The number of halogens is 1. The lowest BCUT2D eigenvalue weighted by Gasteiger charge is -2.03. The Hall–Kier alpha value is -1.26. The molecule has 0 aliphatic heterocycles. The summed E-state index contributed by atoms with van der Waals surface area (Å²) in [4.78, 5) is 4.40. The molecule has 0 saturated heterocycles. The highest BCUT2D eigenvalue weighted by atomic mass is 35.5. The van der Waals surface area contributed by atoms with Crippen molar-refractivity contribution < 1.29 is 5.11 Å². The Morgan fingerprint density at radius 1 is 1.47 bits per heavy atom. The Morgan fingerprint density at radius 3 is 2.74 bits per heavy atom. The number of hydrogen-bond acceptors (Lipinski definition) is 6. The van der Waals surface area contributed by atoms with Crippen molar-refractivity contribution >= 4 is 39.8 Å². The molecule has 0 amide bonds. The van der Waals surface area contributed by atoms with Gasteiger partial charge in [0.1, 0.15) is 15.8 Å². The number of aliphatic hydroxyl groups excluding tert-OH is 1. The van der Waals surface area contributed by atoms with Crippen LogP contribution in [-0.2, 0) is 0 Å². The standard InChI is InChI=1S/C12H10ClN3OS2/c1-7(17)15-12-16-10(11(19-12)18-6-14)8-2-4-9(13)5-3-8/h2-5,7,17H,1H3,(H,15,16). The molecule has 2 aromatic rings. The van der Waals surface area contributed by atoms with Crippen molar-refractivity contribution in [2.24, 2.45) is 0 Å². The van der Waals surface area contributed by atoms with Gasteiger partial charge in [-0.05, 0) is 19.1 Å². The molecule has 1 heterocycles. The van der Waals surface area contributed by atoms with Gasteiger partial charge in [-0.2, -0.15) is 5.26 Å². The van der Waals surface area contributed by atoms with Gasteiger partial charge in [-0.1, -0.05) is 35.1 Å². The zero-order valence-electron chi connectivity index (χ0n) is 9.92. The minimum Gasteiger partial charge on any atom is -0.374 e. The van der Waals surface area contributed by atoms with Gasteiger partial charge in [0, 0.05) is 22.3 Å². The molecule has 19 heavy (non-hydrogen) atoms. The third-order valence-electron chi connectivity index (χ3n) is 2.18. The normalized spacial score (nSPS) is 11.9. The fraction of sp³-hybridized carbons (Fsp3) is 0.167. The van der Waals surface area contributed by atoms with Crippen LogP contribution in [0.1, 0.15) is 6.92 Å². The van der Waals surface area contributed by atoms with E-state index in [1.807, 2.05) is 17.5 Å². The third kappa shape index (κ3) is 3.61. The van der Waals surface area contributed by atoms with E-state index < -0.39 is 6.23 Å². The number of anilines is 1. The number of aromatic nitrogens is 1. The van der Waals surface area contributed by atoms with Crippen LogP contribution < -0.4 is 5.32 Å². The summed E-state index contributed by atoms with van der Waals surface area (Å²) in [6.45, 7) is 1.61. The van der Waals surface area contributed by atoms with Crippen LogP contribution in [0.15, 0.2) is 28.5 Å². The van der Waals surface area contributed by atoms with E-state index in [-0.39, 0.29) is 0 Å². The van der Waals surface area contributed by atoms with Gasteiger partial charge in [0.15, 0.2) is 5.13 Å². The minimum absolute atomic E-state index is 0.581. The molecule has 1 aromatic carbocycles. The Labute approximate surface area is 124 Å². The molecule has 0 spiro atoms. The molecule has 4 nitrogen and oxygen atoms in total. The molecule has 0 fully saturated rings. The lowest BCUT2D eigenvalue weighted by Crippen LogP contribution is -2.12. The van der Waals surface area contributed by atoms with E-state index >= 15 is 0 Å². The van der Waals surface area contributed by atoms with Crippen LogP contribution in [0.25, 0.3) is 11.3 Å². The van der Waals surface area contributed by atoms with Crippen molar-refractivity contribution in [2.75, 3.05) is 5.32 Å². The largest absolute Gasteiger partial charge is 0.374 e. The summed E-state index contributed by atoms with van der Waals surface area (Å²) in [7, 11) is 0. The number of benzene rings is 1. The monoisotopic (exact) mass is 311 g/mol. The van der Waals surface area contributed by atoms with Gasteiger partial charge in [-0.15, -0.1) is 0 Å². The van der Waals surface area contributed by atoms with Crippen molar-refractivity contribution in [1.29, 1.82) is 5.26 Å². The summed E-state index contributed by atoms with van der Waals surface area (Å²) in [6, 6.07) is 7.26. The molecule has 2 N–H and O–H groups in total. The highest BCUT2D eigenvalue weighted by Gasteiger charge is 2.14. The molecule has 98 valence electrons. The fourth-order valence-electron chi connectivity index (χ4n) is 1.45. The van der Waals surface area contributed by atoms with E-state index in [0.717, 1.165) is 27.2 Å². The number of hydrogen-bond donors (Lipinski definition) is 2. The van der Waals surface area contributed by atoms with E-state index in [1.165, 1.54) is 11.3 Å². The quantitative estimate of drug-likeness (QED) is 0.511. The van der Waals surface area contributed by atoms with Gasteiger partial charge in [-0.3, -0.25) is 0 Å². The first-order chi connectivity index (χ1) is 9.10. The third-order valence-corrected chi connectivity index (χ3v) is 4.19. The van der Waals surface area contributed by atoms with E-state index in [2.05, 4.69) is 10.3 Å². The smallest absolute Gasteiger partial charge is 0.186 e. The molecule has 0 aliphatic carbocycles. The van der Waals surface area contributed by atoms with Crippen LogP contribution in [0, 0.1) is 10.7 Å². The number of aliphatic hydroxyl groups is 1. The molecule has 0 saturated carbocycles. The second-order valence-corrected chi connectivity index (χ2v) is 6.16. The summed E-state index contributed by atoms with van der Waals surface area (Å²) in [5, 5.41) is 24.2. The van der Waals surface area contributed by atoms with Crippen LogP contribution in [0.4, 0.5) is 5.13 Å². The zero-order chi connectivity index (χ0) is 13.8. The van der Waals surface area contributed by atoms with Gasteiger partial charge in [0.05, 0.1) is 5.69 Å². The van der Waals surface area contributed by atoms with Crippen LogP contribution in [0.5, 0.6) is 0 Å². The number of thioether (sulfide) groups is 1. The van der Waals surface area contributed by atoms with Gasteiger partial charge in [0.2, 0.25) is 0 Å². The highest BCUT2D eigenvalue weighted by Crippen LogP contribution is 2.38. The molecule has 7 heteroatoms. The summed E-state index contributed by atoms with van der Waals surface area (Å²) < 4.78 is 0.785. The second kappa shape index (κ2) is 6.26. The predicted octanol–water partition coefficient (Wildman–Crippen LogP) is 3.79. The van der Waals surface area contributed by atoms with Crippen molar-refractivity contribution in [1.82, 2.24) is 4.98 Å². The van der Waals surface area contributed by atoms with Crippen LogP contribution in [0.3, 0.4) is 0 Å². The molecule has 1 aromatic heterocycles. The molecular weight excluding hydrogens is 302 g/mol. The number of rotatable bonds is 4. The Balaban J connectivity index is 2.40. The second-order valence-electron chi connectivity index (χ2n) is 3.68. The number of thiocyanates is 1. The number of nitriles is 1. The first kappa shape index (κ1) is 14.2. The molecular formula is C12H10ClN3OS2. The van der Waals surface area contributed by atoms with Crippen molar-refractivity contribution in [3.8, 4) is 16.7 Å². The average molecular weight is 312 g/mol. The Morgan fingerprint density at radius 2 is 2.16 bits per heavy atom. The van der Waals surface area contributed by atoms with E-state index in [1.54, 1.807) is 19.1 Å². The van der Waals surface area contributed by atoms with Gasteiger partial charge < -0.3 is 10.4 Å². The van der Waals surface area contributed by atoms with Gasteiger partial charge >= 0.3 is 0 Å². The van der Waals surface area contributed by atoms with E-state index in [9.17, 15) is 5.11 Å². The fourth-order valence-corrected chi connectivity index (χ4v) is 3.23. The molecule has 2 rings (SSSR count). The summed E-state index contributed by atoms with van der Waals surface area (Å²) in [5.41, 5.74) is 1.61. The highest BCUT2D eigenvalue weighted by molar-refractivity contribution is 8.05. The van der Waals surface area contributed by atoms with Crippen molar-refractivity contribution in [2.45, 2.75) is 17.4 Å². The predicted molar refractivity (Wildman–Crippen MR) is 79.3 cm³/mol. The Bertz CT molecular complexity index is 604. The van der Waals surface area contributed by atoms with E-state index in [0.29, 0.717) is 10.2 Å². The molecule has 1 unspecified atom stereocenters. The van der Waals surface area contributed by atoms with Crippen LogP contribution >= 0.6 is 34.7 Å². The topological polar surface area (TPSA) is 68.9 Å². The van der Waals surface area contributed by atoms with E-state index in [4.69, 9.17) is 16.9 Å². The zero-order valence-corrected chi connectivity index (χ0v) is 12.3. The first-order valence-electron chi connectivity index (χ1n) is 5.37. The maximum absolute atomic E-state index is 9.31. The van der Waals surface area contributed by atoms with Crippen LogP contribution in [0.2, 0.25) is 5.02 Å². The van der Waals surface area contributed by atoms with Crippen molar-refractivity contribution in [3.63, 3.8) is 0 Å². The number of nitrogens with one attached hydrogen (secondary N) is 1. The maximum Gasteiger partial charge on any atom is 0.186 e. The SMILES string of the molecule is CC(O)Nc1nc(-c2ccc(Cl)cc2)c(SC#N)s1. The molecule has 0 aliphatic rings. The number of thiazole rings is 1. The lowest BCUT2D eigenvalue weighted by atomic mass is 10.2. The summed E-state index contributed by atoms with van der Waals surface area (Å²) in [5.74, 6) is 0. The molecule has 0 bridgehead atoms. The molecule has 1 atom stereocenters.